The number of nitrogens with zero attached hydrogens (tertiary/aromatic N) is 2. The summed E-state index contributed by atoms with van der Waals surface area (Å²) in [6.07, 6.45) is 1.43. The molecule has 0 radical (unpaired) electrons. The Morgan fingerprint density at radius 3 is 3.20 bits per heavy atom. The van der Waals surface area contributed by atoms with Crippen LogP contribution in [-0.2, 0) is 19.4 Å². The van der Waals surface area contributed by atoms with Crippen LogP contribution in [0.15, 0.2) is 17.1 Å². The Bertz CT molecular complexity index is 282. The Kier molecular flexibility index (Phi) is 2.51. The molecule has 1 aromatic heterocycles. The first-order valence-corrected chi connectivity index (χ1v) is 4.22. The molecule has 0 saturated heterocycles. The van der Waals surface area contributed by atoms with Gasteiger partial charge in [-0.2, -0.15) is 0 Å². The van der Waals surface area contributed by atoms with Crippen LogP contribution in [0.5, 0.6) is 0 Å². The van der Waals surface area contributed by atoms with Crippen LogP contribution in [-0.4, -0.2) is 9.51 Å². The zero-order chi connectivity index (χ0) is 7.40. The van der Waals surface area contributed by atoms with Gasteiger partial charge < -0.3 is 0 Å². The number of aromatic nitrogens is 2. The summed E-state index contributed by atoms with van der Waals surface area (Å²) in [5.74, 6) is 0.363. The summed E-state index contributed by atoms with van der Waals surface area (Å²) in [7, 11) is 0. The Balaban J connectivity index is 2.95. The van der Waals surface area contributed by atoms with Crippen LogP contribution in [0.25, 0.3) is 0 Å². The summed E-state index contributed by atoms with van der Waals surface area (Å²) in [6, 6.07) is 1.31. The quantitative estimate of drug-likeness (QED) is 0.771. The van der Waals surface area contributed by atoms with E-state index in [1.807, 2.05) is 0 Å². The molecule has 0 fully saturated rings. The van der Waals surface area contributed by atoms with Crippen molar-refractivity contribution in [3.63, 3.8) is 0 Å². The minimum atomic E-state index is -0.269. The van der Waals surface area contributed by atoms with Gasteiger partial charge in [-0.3, -0.25) is 0 Å². The molecular formula is C5H4N3OW-. The second-order valence-corrected chi connectivity index (χ2v) is 2.33. The molecule has 0 amide bonds. The van der Waals surface area contributed by atoms with Gasteiger partial charge in [-0.05, 0) is 0 Å². The molecule has 1 N–H and O–H groups in total. The van der Waals surface area contributed by atoms with Crippen molar-refractivity contribution in [3.05, 3.63) is 22.6 Å². The van der Waals surface area contributed by atoms with Crippen molar-refractivity contribution >= 4 is 10.5 Å². The third-order valence-electron chi connectivity index (χ3n) is 0.818. The standard InChI is InChI=1S/C5H5N3O.W/c1-6-5-7-3-2-4(9)8-5;/h1-3H,(H2,6,7,8,9);/p-1. The van der Waals surface area contributed by atoms with E-state index in [9.17, 15) is 4.79 Å². The molecule has 10 heavy (non-hydrogen) atoms. The second-order valence-electron chi connectivity index (χ2n) is 1.48. The van der Waals surface area contributed by atoms with E-state index in [-0.39, 0.29) is 5.56 Å². The maximum atomic E-state index is 10.6. The van der Waals surface area contributed by atoms with Crippen LogP contribution in [0.4, 0.5) is 5.95 Å². The van der Waals surface area contributed by atoms with E-state index < -0.39 is 0 Å². The molecule has 0 aliphatic carbocycles. The summed E-state index contributed by atoms with van der Waals surface area (Å²) in [5.41, 5.74) is -0.269. The SMILES string of the molecule is O=c1ccnc(N[CH]=[W])[n-]1. The molecule has 0 spiro atoms. The van der Waals surface area contributed by atoms with Gasteiger partial charge in [0, 0.05) is 0 Å². The van der Waals surface area contributed by atoms with Crippen molar-refractivity contribution < 1.29 is 19.4 Å². The molecule has 0 aliphatic rings. The minimum absolute atomic E-state index is 0.269. The number of anilines is 1. The zero-order valence-electron chi connectivity index (χ0n) is 4.94. The third-order valence-corrected chi connectivity index (χ3v) is 1.24. The number of nitrogens with one attached hydrogen (secondary N) is 1. The Morgan fingerprint density at radius 2 is 2.60 bits per heavy atom. The van der Waals surface area contributed by atoms with Crippen molar-refractivity contribution in [1.82, 2.24) is 9.97 Å². The van der Waals surface area contributed by atoms with Gasteiger partial charge in [0.15, 0.2) is 0 Å². The Morgan fingerprint density at radius 1 is 1.80 bits per heavy atom. The van der Waals surface area contributed by atoms with E-state index in [1.54, 1.807) is 4.52 Å². The van der Waals surface area contributed by atoms with E-state index >= 15 is 0 Å². The van der Waals surface area contributed by atoms with E-state index in [1.165, 1.54) is 31.6 Å². The van der Waals surface area contributed by atoms with Crippen LogP contribution in [0, 0.1) is 0 Å². The predicted molar refractivity (Wildman–Crippen MR) is 33.5 cm³/mol. The first kappa shape index (κ1) is 7.35. The summed E-state index contributed by atoms with van der Waals surface area (Å²) in [5, 5.41) is 2.74. The van der Waals surface area contributed by atoms with Crippen molar-refractivity contribution in [2.45, 2.75) is 0 Å². The summed E-state index contributed by atoms with van der Waals surface area (Å²) < 4.78 is 1.74. The molecule has 1 aromatic rings. The zero-order valence-corrected chi connectivity index (χ0v) is 7.88. The average Bonchev–Trinajstić information content (AvgIpc) is 1.88. The van der Waals surface area contributed by atoms with E-state index in [4.69, 9.17) is 0 Å². The van der Waals surface area contributed by atoms with Gasteiger partial charge in [0.1, 0.15) is 0 Å². The molecule has 0 aromatic carbocycles. The van der Waals surface area contributed by atoms with Gasteiger partial charge in [-0.15, -0.1) is 0 Å². The molecule has 0 atom stereocenters. The first-order valence-electron chi connectivity index (χ1n) is 2.53. The van der Waals surface area contributed by atoms with Crippen LogP contribution >= 0.6 is 0 Å². The summed E-state index contributed by atoms with van der Waals surface area (Å²) >= 11 is 1.26. The maximum absolute atomic E-state index is 10.6. The monoisotopic (exact) mass is 306 g/mol. The summed E-state index contributed by atoms with van der Waals surface area (Å²) in [4.78, 5) is 17.9. The van der Waals surface area contributed by atoms with Crippen LogP contribution < -0.4 is 15.9 Å². The van der Waals surface area contributed by atoms with Gasteiger partial charge in [0.2, 0.25) is 0 Å². The average molecular weight is 306 g/mol. The second kappa shape index (κ2) is 3.42. The molecule has 0 bridgehead atoms. The number of rotatable bonds is 2. The van der Waals surface area contributed by atoms with Gasteiger partial charge >= 0.3 is 67.7 Å². The predicted octanol–water partition coefficient (Wildman–Crippen LogP) is -0.883. The molecule has 52 valence electrons. The van der Waals surface area contributed by atoms with Crippen LogP contribution in [0.3, 0.4) is 0 Å². The van der Waals surface area contributed by atoms with Crippen molar-refractivity contribution in [1.29, 1.82) is 0 Å². The number of hydrogen-bond donors (Lipinski definition) is 1. The van der Waals surface area contributed by atoms with E-state index in [0.717, 1.165) is 0 Å². The fourth-order valence-corrected chi connectivity index (χ4v) is 0.843. The molecule has 1 heterocycles. The molecule has 0 saturated carbocycles. The van der Waals surface area contributed by atoms with E-state index in [2.05, 4.69) is 15.3 Å². The molecule has 1 rings (SSSR count). The van der Waals surface area contributed by atoms with Gasteiger partial charge in [-0.25, -0.2) is 0 Å². The number of hydrogen-bond acceptors (Lipinski definition) is 3. The Labute approximate surface area is 68.1 Å². The molecular weight excluding hydrogens is 302 g/mol. The van der Waals surface area contributed by atoms with Crippen LogP contribution in [0.2, 0.25) is 0 Å². The summed E-state index contributed by atoms with van der Waals surface area (Å²) in [6.45, 7) is 0. The van der Waals surface area contributed by atoms with Crippen molar-refractivity contribution in [3.8, 4) is 0 Å². The van der Waals surface area contributed by atoms with E-state index in [0.29, 0.717) is 5.95 Å². The molecule has 5 heteroatoms. The van der Waals surface area contributed by atoms with Crippen LogP contribution in [0.1, 0.15) is 0 Å². The molecule has 0 aliphatic heterocycles. The van der Waals surface area contributed by atoms with Crippen molar-refractivity contribution in [2.75, 3.05) is 5.32 Å². The van der Waals surface area contributed by atoms with Crippen molar-refractivity contribution in [2.24, 2.45) is 0 Å². The van der Waals surface area contributed by atoms with Gasteiger partial charge in [0.05, 0.1) is 0 Å². The fourth-order valence-electron chi connectivity index (χ4n) is 0.464. The topological polar surface area (TPSA) is 56.1 Å². The fraction of sp³-hybridized carbons (Fsp3) is 0. The Hall–Kier alpha value is -0.762. The molecule has 4 nitrogen and oxygen atoms in total. The van der Waals surface area contributed by atoms with Gasteiger partial charge in [-0.1, -0.05) is 0 Å². The molecule has 0 unspecified atom stereocenters. The first-order chi connectivity index (χ1) is 4.83. The third kappa shape index (κ3) is 1.88. The normalized spacial score (nSPS) is 8.80. The van der Waals surface area contributed by atoms with Gasteiger partial charge in [0.25, 0.3) is 0 Å².